The van der Waals surface area contributed by atoms with Crippen molar-refractivity contribution in [3.63, 3.8) is 0 Å². The summed E-state index contributed by atoms with van der Waals surface area (Å²) in [6.07, 6.45) is 10.2. The molecule has 6 heterocycles. The molecule has 9 N–H and O–H groups in total. The number of hydrogen-bond donors (Lipinski definition) is 3. The summed E-state index contributed by atoms with van der Waals surface area (Å²) < 4.78 is 0. The fraction of sp³-hybridized carbons (Fsp3) is 0.111. The molecule has 6 aromatic rings. The minimum Gasteiger partial charge on any atom is -0.417 e. The zero-order valence-electron chi connectivity index (χ0n) is 23.4. The van der Waals surface area contributed by atoms with Gasteiger partial charge >= 0.3 is 19.5 Å². The summed E-state index contributed by atoms with van der Waals surface area (Å²) in [6, 6.07) is 18.6. The minimum atomic E-state index is 0. The van der Waals surface area contributed by atoms with Crippen molar-refractivity contribution in [3.05, 3.63) is 97.8 Å². The maximum absolute atomic E-state index is 7.00. The van der Waals surface area contributed by atoms with E-state index in [1.807, 2.05) is 60.7 Å². The van der Waals surface area contributed by atoms with Crippen LogP contribution in [-0.2, 0) is 19.5 Å². The molecule has 0 spiro atoms. The van der Waals surface area contributed by atoms with E-state index in [1.165, 1.54) is 0 Å². The van der Waals surface area contributed by atoms with E-state index in [4.69, 9.17) is 16.6 Å². The topological polar surface area (TPSA) is 267 Å². The summed E-state index contributed by atoms with van der Waals surface area (Å²) in [5.74, 6) is 2.26. The molecule has 43 heavy (non-hydrogen) atoms. The van der Waals surface area contributed by atoms with Crippen molar-refractivity contribution >= 4 is 0 Å². The molecule has 15 nitrogen and oxygen atoms in total. The number of pyridine rings is 4. The summed E-state index contributed by atoms with van der Waals surface area (Å²) in [5, 5.41) is 23.1. The van der Waals surface area contributed by atoms with Gasteiger partial charge in [-0.25, -0.2) is 0 Å². The number of nitrogens with zero attached hydrogens (tertiary/aromatic N) is 10. The molecule has 0 aliphatic heterocycles. The Bertz CT molecular complexity index is 1270. The van der Waals surface area contributed by atoms with Crippen LogP contribution in [0.2, 0.25) is 0 Å². The number of hydrogen-bond acceptors (Lipinski definition) is 11. The van der Waals surface area contributed by atoms with Crippen LogP contribution < -0.4 is 21.7 Å². The molecule has 6 rings (SSSR count). The zero-order chi connectivity index (χ0) is 28.4. The first-order valence-electron chi connectivity index (χ1n) is 12.0. The van der Waals surface area contributed by atoms with Gasteiger partial charge in [0.2, 0.25) is 0 Å². The van der Waals surface area contributed by atoms with Gasteiger partial charge in [-0.1, -0.05) is 12.1 Å². The molecule has 0 saturated carbocycles. The molecule has 220 valence electrons. The van der Waals surface area contributed by atoms with Gasteiger partial charge in [0.15, 0.2) is 0 Å². The van der Waals surface area contributed by atoms with Crippen molar-refractivity contribution in [1.82, 2.24) is 50.3 Å². The van der Waals surface area contributed by atoms with E-state index in [0.29, 0.717) is 36.4 Å². The van der Waals surface area contributed by atoms with Gasteiger partial charge in [0.1, 0.15) is 0 Å². The zero-order valence-corrected chi connectivity index (χ0v) is 26.4. The molecule has 6 aromatic heterocycles. The Morgan fingerprint density at radius 2 is 0.953 bits per heavy atom. The molecule has 0 aromatic carbocycles. The van der Waals surface area contributed by atoms with E-state index in [0.717, 1.165) is 29.6 Å². The molecule has 0 unspecified atom stereocenters. The van der Waals surface area contributed by atoms with Crippen molar-refractivity contribution in [1.29, 1.82) is 0 Å². The van der Waals surface area contributed by atoms with E-state index in [-0.39, 0.29) is 30.4 Å². The monoisotopic (exact) mass is 636 g/mol. The molecule has 0 amide bonds. The Balaban J connectivity index is 0.000000656. The van der Waals surface area contributed by atoms with Crippen LogP contribution in [0.5, 0.6) is 0 Å². The van der Waals surface area contributed by atoms with Crippen molar-refractivity contribution in [3.8, 4) is 45.8 Å². The van der Waals surface area contributed by atoms with Crippen LogP contribution in [0.4, 0.5) is 0 Å². The molecular weight excluding hydrogens is 606 g/mol. The average molecular weight is 638 g/mol. The molecular formula is C27H32N12O3Zn. The van der Waals surface area contributed by atoms with Crippen LogP contribution >= 0.6 is 0 Å². The second-order valence-electron chi connectivity index (χ2n) is 7.40. The predicted octanol–water partition coefficient (Wildman–Crippen LogP) is -0.0240. The van der Waals surface area contributed by atoms with Crippen molar-refractivity contribution in [2.75, 3.05) is 20.2 Å². The third kappa shape index (κ3) is 12.0. The van der Waals surface area contributed by atoms with Crippen LogP contribution in [0.3, 0.4) is 0 Å². The van der Waals surface area contributed by atoms with Crippen LogP contribution in [0.25, 0.3) is 45.8 Å². The normalized spacial score (nSPS) is 9.02. The standard InChI is InChI=1S/2C12H8N5.C2H8N2.CH4O.2H2O.Zn/c2*1-2-6-14-10(3-1)12-15-11(16-17-12)9-4-7-13-8-5-9;3-1-2-4;1-2;;;/h2*1-8H;1-4H2;2H,1H3;2*1H2;/q2*-1;;;;;+2. The first kappa shape index (κ1) is 38.3. The Morgan fingerprint density at radius 1 is 0.581 bits per heavy atom. The summed E-state index contributed by atoms with van der Waals surface area (Å²) in [7, 11) is 1.00. The van der Waals surface area contributed by atoms with Crippen molar-refractivity contribution < 1.29 is 35.5 Å². The maximum atomic E-state index is 7.00. The Kier molecular flexibility index (Phi) is 19.6. The molecule has 16 heteroatoms. The second kappa shape index (κ2) is 22.0. The van der Waals surface area contributed by atoms with Gasteiger partial charge in [-0.2, -0.15) is 0 Å². The second-order valence-corrected chi connectivity index (χ2v) is 7.40. The van der Waals surface area contributed by atoms with Gasteiger partial charge in [-0.3, -0.25) is 30.1 Å². The number of nitrogens with two attached hydrogens (primary N) is 2. The maximum Gasteiger partial charge on any atom is 2.00 e. The van der Waals surface area contributed by atoms with Crippen molar-refractivity contribution in [2.24, 2.45) is 11.5 Å². The Morgan fingerprint density at radius 3 is 1.26 bits per heavy atom. The quantitative estimate of drug-likeness (QED) is 0.210. The first-order valence-corrected chi connectivity index (χ1v) is 12.0. The third-order valence-corrected chi connectivity index (χ3v) is 4.73. The molecule has 0 radical (unpaired) electrons. The molecule has 0 aliphatic rings. The largest absolute Gasteiger partial charge is 2.00 e. The summed E-state index contributed by atoms with van der Waals surface area (Å²) >= 11 is 0. The average Bonchev–Trinajstić information content (AvgIpc) is 3.76. The summed E-state index contributed by atoms with van der Waals surface area (Å²) in [4.78, 5) is 24.9. The molecule has 0 bridgehead atoms. The number of aliphatic hydroxyl groups excluding tert-OH is 1. The fourth-order valence-corrected chi connectivity index (χ4v) is 2.93. The fourth-order valence-electron chi connectivity index (χ4n) is 2.93. The molecule has 0 aliphatic carbocycles. The molecule has 0 saturated heterocycles. The first-order chi connectivity index (χ1) is 19.8. The van der Waals surface area contributed by atoms with Gasteiger partial charge in [0.05, 0.1) is 23.0 Å². The van der Waals surface area contributed by atoms with Gasteiger partial charge in [0.25, 0.3) is 0 Å². The summed E-state index contributed by atoms with van der Waals surface area (Å²) in [6.45, 7) is 1.19. The smallest absolute Gasteiger partial charge is 0.417 e. The number of aliphatic hydroxyl groups is 1. The number of aromatic nitrogens is 10. The van der Waals surface area contributed by atoms with Crippen LogP contribution in [0, 0.1) is 0 Å². The SMILES string of the molecule is CO.NCCN.O.O.[Zn+2].c1ccc(-c2nc(-c3ccncc3)n[n-]2)nc1.c1ccc(-c2nc(-c3ccncc3)n[n-]2)nc1. The van der Waals surface area contributed by atoms with Crippen LogP contribution in [0.15, 0.2) is 97.8 Å². The van der Waals surface area contributed by atoms with Crippen LogP contribution in [0.1, 0.15) is 0 Å². The summed E-state index contributed by atoms with van der Waals surface area (Å²) in [5.41, 5.74) is 13.0. The molecule has 0 fully saturated rings. The molecule has 0 atom stereocenters. The van der Waals surface area contributed by atoms with Gasteiger partial charge in [0, 0.05) is 57.4 Å². The van der Waals surface area contributed by atoms with Crippen LogP contribution in [-0.4, -0.2) is 76.4 Å². The Labute approximate surface area is 260 Å². The van der Waals surface area contributed by atoms with E-state index < -0.39 is 0 Å². The van der Waals surface area contributed by atoms with E-state index in [2.05, 4.69) is 50.3 Å². The predicted molar refractivity (Wildman–Crippen MR) is 157 cm³/mol. The Hall–Kier alpha value is -4.70. The van der Waals surface area contributed by atoms with Gasteiger partial charge in [-0.05, 0) is 71.3 Å². The van der Waals surface area contributed by atoms with E-state index in [1.54, 1.807) is 37.2 Å². The van der Waals surface area contributed by atoms with Crippen molar-refractivity contribution in [2.45, 2.75) is 0 Å². The van der Waals surface area contributed by atoms with Gasteiger partial charge < -0.3 is 47.7 Å². The third-order valence-electron chi connectivity index (χ3n) is 4.73. The van der Waals surface area contributed by atoms with E-state index in [9.17, 15) is 0 Å². The number of rotatable bonds is 5. The van der Waals surface area contributed by atoms with Gasteiger partial charge in [-0.15, -0.1) is 0 Å². The minimum absolute atomic E-state index is 0. The van der Waals surface area contributed by atoms with E-state index >= 15 is 0 Å².